The Balaban J connectivity index is 2.49. The number of alkyl halides is 5. The van der Waals surface area contributed by atoms with E-state index in [9.17, 15) is 17.6 Å². The van der Waals surface area contributed by atoms with Gasteiger partial charge in [-0.15, -0.1) is 0 Å². The van der Waals surface area contributed by atoms with E-state index in [-0.39, 0.29) is 38.3 Å². The molecule has 1 aliphatic heterocycles. The molecule has 0 unspecified atom stereocenters. The van der Waals surface area contributed by atoms with Crippen LogP contribution in [0.1, 0.15) is 0 Å². The molecule has 0 aromatic rings. The zero-order chi connectivity index (χ0) is 10.8. The quantitative estimate of drug-likeness (QED) is 0.435. The van der Waals surface area contributed by atoms with E-state index < -0.39 is 10.6 Å². The zero-order valence-electron chi connectivity index (χ0n) is 6.98. The fourth-order valence-electron chi connectivity index (χ4n) is 0.852. The predicted molar refractivity (Wildman–Crippen MR) is 45.7 cm³/mol. The van der Waals surface area contributed by atoms with Crippen LogP contribution in [0.3, 0.4) is 0 Å². The summed E-state index contributed by atoms with van der Waals surface area (Å²) in [4.78, 5) is 0. The third-order valence-corrected chi connectivity index (χ3v) is 3.00. The summed E-state index contributed by atoms with van der Waals surface area (Å²) in [5, 5.41) is -8.82. The first-order valence-corrected chi connectivity index (χ1v) is 4.94. The maximum atomic E-state index is 12.7. The largest absolute Gasteiger partial charge is 0.395 e. The molecule has 1 aliphatic rings. The lowest BCUT2D eigenvalue weighted by Gasteiger charge is -2.30. The van der Waals surface area contributed by atoms with E-state index in [4.69, 9.17) is 4.74 Å². The van der Waals surface area contributed by atoms with Gasteiger partial charge in [0.1, 0.15) is 0 Å². The van der Waals surface area contributed by atoms with Crippen molar-refractivity contribution in [3.8, 4) is 0 Å². The molecule has 2 nitrogen and oxygen atoms in total. The van der Waals surface area contributed by atoms with Gasteiger partial charge in [-0.2, -0.15) is 17.6 Å². The van der Waals surface area contributed by atoms with Gasteiger partial charge in [-0.05, 0) is 11.6 Å². The molecule has 0 aromatic carbocycles. The van der Waals surface area contributed by atoms with E-state index in [2.05, 4.69) is 11.6 Å². The van der Waals surface area contributed by atoms with E-state index in [0.717, 1.165) is 4.31 Å². The highest BCUT2D eigenvalue weighted by Crippen LogP contribution is 2.47. The van der Waals surface area contributed by atoms with Crippen LogP contribution in [0.5, 0.6) is 0 Å². The Labute approximate surface area is 87.7 Å². The number of halogens is 5. The van der Waals surface area contributed by atoms with Crippen LogP contribution in [0.15, 0.2) is 0 Å². The normalized spacial score (nSPS) is 21.2. The van der Waals surface area contributed by atoms with Gasteiger partial charge in [0.05, 0.1) is 13.2 Å². The highest BCUT2D eigenvalue weighted by Gasteiger charge is 2.57. The highest BCUT2D eigenvalue weighted by molar-refractivity contribution is 7.98. The van der Waals surface area contributed by atoms with Gasteiger partial charge < -0.3 is 4.74 Å². The van der Waals surface area contributed by atoms with Gasteiger partial charge >= 0.3 is 10.6 Å². The van der Waals surface area contributed by atoms with Crippen molar-refractivity contribution in [3.63, 3.8) is 0 Å². The Kier molecular flexibility index (Phi) is 3.90. The highest BCUT2D eigenvalue weighted by atomic mass is 35.5. The summed E-state index contributed by atoms with van der Waals surface area (Å²) in [6, 6.07) is 0. The van der Waals surface area contributed by atoms with Crippen molar-refractivity contribution in [1.82, 2.24) is 4.31 Å². The molecule has 0 atom stereocenters. The van der Waals surface area contributed by atoms with Gasteiger partial charge in [0.25, 0.3) is 0 Å². The molecule has 0 saturated carbocycles. The van der Waals surface area contributed by atoms with Gasteiger partial charge in [0.2, 0.25) is 0 Å². The molecule has 1 rings (SSSR count). The minimum atomic E-state index is -4.53. The lowest BCUT2D eigenvalue weighted by atomic mass is 10.5. The maximum absolute atomic E-state index is 12.7. The molecular weight excluding hydrogens is 246 g/mol. The van der Waals surface area contributed by atoms with Gasteiger partial charge in [-0.3, -0.25) is 0 Å². The lowest BCUT2D eigenvalue weighted by molar-refractivity contribution is -0.0926. The second kappa shape index (κ2) is 4.42. The molecule has 0 bridgehead atoms. The van der Waals surface area contributed by atoms with Crippen LogP contribution in [0.2, 0.25) is 0 Å². The third-order valence-electron chi connectivity index (χ3n) is 1.54. The van der Waals surface area contributed by atoms with E-state index >= 15 is 0 Å². The van der Waals surface area contributed by atoms with Crippen molar-refractivity contribution in [2.24, 2.45) is 0 Å². The summed E-state index contributed by atoms with van der Waals surface area (Å²) in [7, 11) is 0. The van der Waals surface area contributed by atoms with E-state index in [1.165, 1.54) is 0 Å². The van der Waals surface area contributed by atoms with Gasteiger partial charge in [-0.25, -0.2) is 4.31 Å². The molecule has 1 saturated heterocycles. The standard InChI is InChI=1S/C6H8ClF4NOS/c7-5(8,9)6(10,11)14-12-1-3-13-4-2-12/h1-4H2. The average Bonchev–Trinajstić information content (AvgIpc) is 2.03. The van der Waals surface area contributed by atoms with Crippen LogP contribution < -0.4 is 0 Å². The van der Waals surface area contributed by atoms with Gasteiger partial charge in [0.15, 0.2) is 0 Å². The summed E-state index contributed by atoms with van der Waals surface area (Å²) in [5.74, 6) is 0. The smallest absolute Gasteiger partial charge is 0.379 e. The van der Waals surface area contributed by atoms with E-state index in [0.29, 0.717) is 0 Å². The molecule has 1 fully saturated rings. The fraction of sp³-hybridized carbons (Fsp3) is 1.00. The fourth-order valence-corrected chi connectivity index (χ4v) is 1.71. The van der Waals surface area contributed by atoms with Crippen LogP contribution in [0.25, 0.3) is 0 Å². The van der Waals surface area contributed by atoms with Crippen LogP contribution in [-0.2, 0) is 4.74 Å². The summed E-state index contributed by atoms with van der Waals surface area (Å²) in [6.07, 6.45) is 0. The molecule has 0 aromatic heterocycles. The van der Waals surface area contributed by atoms with E-state index in [1.807, 2.05) is 0 Å². The summed E-state index contributed by atoms with van der Waals surface area (Å²) < 4.78 is 55.8. The number of ether oxygens (including phenoxy) is 1. The number of rotatable bonds is 3. The molecule has 1 heterocycles. The Morgan fingerprint density at radius 3 is 2.07 bits per heavy atom. The summed E-state index contributed by atoms with van der Waals surface area (Å²) >= 11 is 4.05. The molecule has 0 spiro atoms. The van der Waals surface area contributed by atoms with Crippen LogP contribution in [0.4, 0.5) is 17.6 Å². The number of hydrogen-bond donors (Lipinski definition) is 0. The van der Waals surface area contributed by atoms with Crippen LogP contribution in [-0.4, -0.2) is 41.2 Å². The minimum Gasteiger partial charge on any atom is -0.379 e. The van der Waals surface area contributed by atoms with Crippen molar-refractivity contribution in [3.05, 3.63) is 0 Å². The molecule has 0 amide bonds. The SMILES string of the molecule is FC(F)(Cl)C(F)(F)SN1CCOCC1. The Morgan fingerprint density at radius 1 is 1.14 bits per heavy atom. The number of morpholine rings is 1. The predicted octanol–water partition coefficient (Wildman–Crippen LogP) is 2.39. The van der Waals surface area contributed by atoms with Crippen LogP contribution >= 0.6 is 23.5 Å². The Hall–Kier alpha value is 0.280. The molecule has 0 N–H and O–H groups in total. The first-order valence-electron chi connectivity index (χ1n) is 3.79. The van der Waals surface area contributed by atoms with Crippen molar-refractivity contribution in [2.45, 2.75) is 10.6 Å². The first-order chi connectivity index (χ1) is 6.33. The second-order valence-corrected chi connectivity index (χ2v) is 4.33. The second-order valence-electron chi connectivity index (χ2n) is 2.65. The molecule has 84 valence electrons. The van der Waals surface area contributed by atoms with Crippen molar-refractivity contribution in [1.29, 1.82) is 0 Å². The Morgan fingerprint density at radius 2 is 1.64 bits per heavy atom. The summed E-state index contributed by atoms with van der Waals surface area (Å²) in [5.41, 5.74) is 0. The van der Waals surface area contributed by atoms with Crippen molar-refractivity contribution >= 4 is 23.5 Å². The van der Waals surface area contributed by atoms with Gasteiger partial charge in [-0.1, -0.05) is 0 Å². The first kappa shape index (κ1) is 12.4. The third kappa shape index (κ3) is 3.15. The van der Waals surface area contributed by atoms with Crippen LogP contribution in [0, 0.1) is 0 Å². The monoisotopic (exact) mass is 253 g/mol. The molecule has 0 aliphatic carbocycles. The topological polar surface area (TPSA) is 12.5 Å². The van der Waals surface area contributed by atoms with Gasteiger partial charge in [0, 0.05) is 25.0 Å². The Bertz CT molecular complexity index is 195. The zero-order valence-corrected chi connectivity index (χ0v) is 8.55. The molecule has 14 heavy (non-hydrogen) atoms. The lowest BCUT2D eigenvalue weighted by Crippen LogP contribution is -2.40. The van der Waals surface area contributed by atoms with E-state index in [1.54, 1.807) is 0 Å². The summed E-state index contributed by atoms with van der Waals surface area (Å²) in [6.45, 7) is 0.897. The number of nitrogens with zero attached hydrogens (tertiary/aromatic N) is 1. The average molecular weight is 254 g/mol. The maximum Gasteiger partial charge on any atom is 0.395 e. The molecule has 8 heteroatoms. The molecular formula is C6H8ClF4NOS. The number of hydrogen-bond acceptors (Lipinski definition) is 3. The molecule has 0 radical (unpaired) electrons. The van der Waals surface area contributed by atoms with Crippen molar-refractivity contribution < 1.29 is 22.3 Å². The minimum absolute atomic E-state index is 0.188. The van der Waals surface area contributed by atoms with Crippen molar-refractivity contribution in [2.75, 3.05) is 26.3 Å².